The molecule has 9 nitrogen and oxygen atoms in total. The van der Waals surface area contributed by atoms with Gasteiger partial charge in [-0.05, 0) is 32.9 Å². The molecule has 0 unspecified atom stereocenters. The number of nitrogens with zero attached hydrogens (tertiary/aromatic N) is 1. The maximum Gasteiger partial charge on any atom is 0.338 e. The number of carbonyl (C=O) groups is 2. The van der Waals surface area contributed by atoms with Crippen LogP contribution in [0.3, 0.4) is 0 Å². The molecule has 1 aromatic heterocycles. The number of aromatic nitrogens is 2. The van der Waals surface area contributed by atoms with Gasteiger partial charge in [0.15, 0.2) is 30.0 Å². The van der Waals surface area contributed by atoms with Gasteiger partial charge in [0.25, 0.3) is 5.56 Å². The van der Waals surface area contributed by atoms with E-state index in [-0.39, 0.29) is 15.6 Å². The van der Waals surface area contributed by atoms with E-state index in [2.05, 4.69) is 4.98 Å². The molecule has 0 radical (unpaired) electrons. The van der Waals surface area contributed by atoms with E-state index in [1.807, 2.05) is 22.6 Å². The third-order valence-electron chi connectivity index (χ3n) is 4.52. The highest BCUT2D eigenvalue weighted by Crippen LogP contribution is 2.37. The Kier molecular flexibility index (Phi) is 6.58. The van der Waals surface area contributed by atoms with Crippen LogP contribution in [0.2, 0.25) is 0 Å². The molecule has 0 spiro atoms. The van der Waals surface area contributed by atoms with Crippen LogP contribution in [0.25, 0.3) is 0 Å². The van der Waals surface area contributed by atoms with Crippen LogP contribution in [0.4, 0.5) is 0 Å². The van der Waals surface area contributed by atoms with Crippen LogP contribution in [0.1, 0.15) is 36.0 Å². The van der Waals surface area contributed by atoms with Gasteiger partial charge in [-0.2, -0.15) is 0 Å². The van der Waals surface area contributed by atoms with Crippen molar-refractivity contribution in [2.45, 2.75) is 45.0 Å². The Morgan fingerprint density at radius 2 is 1.90 bits per heavy atom. The number of halogens is 1. The first-order chi connectivity index (χ1) is 14.1. The van der Waals surface area contributed by atoms with Gasteiger partial charge in [0, 0.05) is 11.8 Å². The summed E-state index contributed by atoms with van der Waals surface area (Å²) in [4.78, 5) is 51.7. The molecule has 10 heteroatoms. The highest BCUT2D eigenvalue weighted by Gasteiger charge is 2.50. The molecule has 1 saturated heterocycles. The third-order valence-corrected chi connectivity index (χ3v) is 5.27. The van der Waals surface area contributed by atoms with Gasteiger partial charge in [0.05, 0.1) is 9.99 Å². The number of hydrogen-bond donors (Lipinski definition) is 1. The monoisotopic (exact) mass is 528 g/mol. The molecule has 1 aromatic carbocycles. The molecule has 30 heavy (non-hydrogen) atoms. The van der Waals surface area contributed by atoms with Gasteiger partial charge in [-0.1, -0.05) is 40.8 Å². The van der Waals surface area contributed by atoms with Crippen LogP contribution in [-0.2, 0) is 19.0 Å². The molecule has 1 aliphatic rings. The summed E-state index contributed by atoms with van der Waals surface area (Å²) < 4.78 is 18.5. The summed E-state index contributed by atoms with van der Waals surface area (Å²) in [6, 6.07) is 8.24. The minimum Gasteiger partial charge on any atom is -0.448 e. The average Bonchev–Trinajstić information content (AvgIpc) is 3.03. The Morgan fingerprint density at radius 1 is 1.23 bits per heavy atom. The number of alkyl halides is 1. The molecule has 1 fully saturated rings. The van der Waals surface area contributed by atoms with Crippen LogP contribution in [-0.4, -0.2) is 43.7 Å². The Balaban J connectivity index is 2.01. The van der Waals surface area contributed by atoms with E-state index < -0.39 is 47.2 Å². The van der Waals surface area contributed by atoms with Crippen LogP contribution in [0.5, 0.6) is 0 Å². The quantitative estimate of drug-likeness (QED) is 0.345. The Hall–Kier alpha value is -2.31. The summed E-state index contributed by atoms with van der Waals surface area (Å²) in [6.45, 7) is 4.77. The van der Waals surface area contributed by atoms with Gasteiger partial charge in [0.2, 0.25) is 0 Å². The summed E-state index contributed by atoms with van der Waals surface area (Å²) in [5, 5.41) is 0. The van der Waals surface area contributed by atoms with E-state index in [1.54, 1.807) is 44.2 Å². The molecule has 0 amide bonds. The summed E-state index contributed by atoms with van der Waals surface area (Å²) in [5.74, 6) is -2.26. The molecule has 2 heterocycles. The molecular weight excluding hydrogens is 507 g/mol. The molecule has 3 atom stereocenters. The lowest BCUT2D eigenvalue weighted by atomic mass is 10.1. The Bertz CT molecular complexity index is 1060. The Labute approximate surface area is 185 Å². The third kappa shape index (κ3) is 4.71. The number of nitrogens with one attached hydrogen (secondary N) is 1. The first kappa shape index (κ1) is 22.4. The number of ether oxygens (including phenoxy) is 3. The first-order valence-corrected chi connectivity index (χ1v) is 10.7. The van der Waals surface area contributed by atoms with E-state index in [0.717, 1.165) is 4.57 Å². The molecule has 0 aliphatic carbocycles. The predicted octanol–water partition coefficient (Wildman–Crippen LogP) is 1.72. The summed E-state index contributed by atoms with van der Waals surface area (Å²) in [7, 11) is 0. The lowest BCUT2D eigenvalue weighted by Gasteiger charge is -2.26. The number of esters is 1. The molecule has 0 saturated carbocycles. The lowest BCUT2D eigenvalue weighted by Crippen LogP contribution is -2.46. The standard InChI is InChI=1S/C20H21IN2O7/c1-11-10-23(19(27)22-16(11)25)17-15(29-20(2,3)30-17)14(13(24)9-21)28-18(26)12-7-5-4-6-8-12/h4-8,10,14-15,17H,9H2,1-3H3,(H,22,25,27)/t14-,15-,17+/m1/s1. The smallest absolute Gasteiger partial charge is 0.338 e. The van der Waals surface area contributed by atoms with Gasteiger partial charge >= 0.3 is 11.7 Å². The fourth-order valence-corrected chi connectivity index (χ4v) is 3.56. The highest BCUT2D eigenvalue weighted by atomic mass is 127. The van der Waals surface area contributed by atoms with Crippen molar-refractivity contribution in [3.63, 3.8) is 0 Å². The van der Waals surface area contributed by atoms with Crippen molar-refractivity contribution >= 4 is 34.3 Å². The second-order valence-corrected chi connectivity index (χ2v) is 8.02. The molecule has 160 valence electrons. The molecule has 3 rings (SSSR count). The number of ketones is 1. The molecular formula is C20H21IN2O7. The van der Waals surface area contributed by atoms with Crippen LogP contribution < -0.4 is 11.2 Å². The highest BCUT2D eigenvalue weighted by molar-refractivity contribution is 14.1. The summed E-state index contributed by atoms with van der Waals surface area (Å²) in [5.41, 5.74) is -0.700. The van der Waals surface area contributed by atoms with Crippen molar-refractivity contribution < 1.29 is 23.8 Å². The number of benzene rings is 1. The summed E-state index contributed by atoms with van der Waals surface area (Å²) >= 11 is 1.87. The zero-order chi connectivity index (χ0) is 22.1. The van der Waals surface area contributed by atoms with E-state index in [1.165, 1.54) is 13.1 Å². The SMILES string of the molecule is Cc1cn([C@H]2OC(C)(C)O[C@@H]2[C@H](OC(=O)c2ccccc2)C(=O)CI)c(=O)[nH]c1=O. The Morgan fingerprint density at radius 3 is 2.53 bits per heavy atom. The number of rotatable bonds is 6. The fraction of sp³-hybridized carbons (Fsp3) is 0.400. The minimum atomic E-state index is -1.32. The van der Waals surface area contributed by atoms with Crippen LogP contribution in [0, 0.1) is 6.92 Å². The number of H-pyrrole nitrogens is 1. The second kappa shape index (κ2) is 8.82. The van der Waals surface area contributed by atoms with Crippen molar-refractivity contribution in [1.29, 1.82) is 0 Å². The molecule has 1 N–H and O–H groups in total. The minimum absolute atomic E-state index is 0.0526. The van der Waals surface area contributed by atoms with Crippen LogP contribution >= 0.6 is 22.6 Å². The van der Waals surface area contributed by atoms with Gasteiger partial charge in [-0.25, -0.2) is 9.59 Å². The van der Waals surface area contributed by atoms with Crippen molar-refractivity contribution in [1.82, 2.24) is 9.55 Å². The van der Waals surface area contributed by atoms with E-state index in [9.17, 15) is 19.2 Å². The second-order valence-electron chi connectivity index (χ2n) is 7.26. The average molecular weight is 528 g/mol. The van der Waals surface area contributed by atoms with Crippen molar-refractivity contribution in [3.8, 4) is 0 Å². The molecule has 2 aromatic rings. The first-order valence-electron chi connectivity index (χ1n) is 9.15. The summed E-state index contributed by atoms with van der Waals surface area (Å²) in [6.07, 6.45) is -2.18. The van der Waals surface area contributed by atoms with E-state index in [4.69, 9.17) is 14.2 Å². The predicted molar refractivity (Wildman–Crippen MR) is 115 cm³/mol. The molecule has 0 bridgehead atoms. The van der Waals surface area contributed by atoms with Crippen molar-refractivity contribution in [2.24, 2.45) is 0 Å². The lowest BCUT2D eigenvalue weighted by molar-refractivity contribution is -0.162. The topological polar surface area (TPSA) is 117 Å². The maximum absolute atomic E-state index is 12.7. The fourth-order valence-electron chi connectivity index (χ4n) is 3.12. The number of Topliss-reactive ketones (excluding diaryl/α,β-unsaturated/α-hetero) is 1. The van der Waals surface area contributed by atoms with Gasteiger partial charge in [-0.3, -0.25) is 19.1 Å². The normalized spacial score (nSPS) is 21.2. The number of aromatic amines is 1. The van der Waals surface area contributed by atoms with Crippen LogP contribution in [0.15, 0.2) is 46.1 Å². The van der Waals surface area contributed by atoms with Gasteiger partial charge in [-0.15, -0.1) is 0 Å². The zero-order valence-electron chi connectivity index (χ0n) is 16.6. The van der Waals surface area contributed by atoms with E-state index in [0.29, 0.717) is 0 Å². The largest absolute Gasteiger partial charge is 0.448 e. The van der Waals surface area contributed by atoms with Gasteiger partial charge in [0.1, 0.15) is 0 Å². The van der Waals surface area contributed by atoms with E-state index >= 15 is 0 Å². The maximum atomic E-state index is 12.7. The van der Waals surface area contributed by atoms with Crippen molar-refractivity contribution in [3.05, 3.63) is 68.5 Å². The zero-order valence-corrected chi connectivity index (χ0v) is 18.7. The number of hydrogen-bond acceptors (Lipinski definition) is 7. The number of carbonyl (C=O) groups excluding carboxylic acids is 2. The van der Waals surface area contributed by atoms with Crippen molar-refractivity contribution in [2.75, 3.05) is 4.43 Å². The number of aryl methyl sites for hydroxylation is 1. The van der Waals surface area contributed by atoms with Gasteiger partial charge < -0.3 is 14.2 Å². The molecule has 1 aliphatic heterocycles.